The molecule has 0 saturated heterocycles. The fourth-order valence-corrected chi connectivity index (χ4v) is 1.51. The van der Waals surface area contributed by atoms with Gasteiger partial charge in [-0.1, -0.05) is 32.6 Å². The van der Waals surface area contributed by atoms with Crippen LogP contribution in [0.2, 0.25) is 0 Å². The van der Waals surface area contributed by atoms with Crippen molar-refractivity contribution in [1.29, 1.82) is 0 Å². The van der Waals surface area contributed by atoms with Crippen LogP contribution >= 0.6 is 11.6 Å². The molecule has 0 unspecified atom stereocenters. The Morgan fingerprint density at radius 1 is 0.846 bits per heavy atom. The summed E-state index contributed by atoms with van der Waals surface area (Å²) in [6, 6.07) is 0. The van der Waals surface area contributed by atoms with Crippen LogP contribution in [0.1, 0.15) is 51.9 Å². The third-order valence-corrected chi connectivity index (χ3v) is 2.46. The van der Waals surface area contributed by atoms with E-state index in [1.54, 1.807) is 0 Å². The molecule has 80 valence electrons. The van der Waals surface area contributed by atoms with Crippen LogP contribution in [0, 0.1) is 0 Å². The summed E-state index contributed by atoms with van der Waals surface area (Å²) in [7, 11) is 0. The Balaban J connectivity index is 2.76. The Morgan fingerprint density at radius 2 is 1.46 bits per heavy atom. The zero-order chi connectivity index (χ0) is 9.78. The minimum absolute atomic E-state index is 0.816. The van der Waals surface area contributed by atoms with Gasteiger partial charge in [0.15, 0.2) is 0 Å². The number of hydrogen-bond acceptors (Lipinski definition) is 1. The van der Waals surface area contributed by atoms with E-state index in [0.717, 1.165) is 5.88 Å². The van der Waals surface area contributed by atoms with Crippen molar-refractivity contribution in [3.8, 4) is 0 Å². The Bertz CT molecular complexity index is 76.2. The molecule has 0 aliphatic rings. The lowest BCUT2D eigenvalue weighted by Crippen LogP contribution is -2.16. The summed E-state index contributed by atoms with van der Waals surface area (Å²) in [5.74, 6) is 0.816. The SMILES string of the molecule is CCCCCCNCCCCCCl. The van der Waals surface area contributed by atoms with Gasteiger partial charge in [0.05, 0.1) is 0 Å². The van der Waals surface area contributed by atoms with E-state index in [1.807, 2.05) is 0 Å². The smallest absolute Gasteiger partial charge is 0.0223 e. The standard InChI is InChI=1S/C11H24ClN/c1-2-3-4-7-10-13-11-8-5-6-9-12/h13H,2-11H2,1H3. The van der Waals surface area contributed by atoms with Gasteiger partial charge in [-0.15, -0.1) is 11.6 Å². The summed E-state index contributed by atoms with van der Waals surface area (Å²) in [4.78, 5) is 0. The van der Waals surface area contributed by atoms with E-state index in [4.69, 9.17) is 11.6 Å². The minimum Gasteiger partial charge on any atom is -0.317 e. The molecule has 0 heterocycles. The van der Waals surface area contributed by atoms with Gasteiger partial charge in [-0.3, -0.25) is 0 Å². The molecule has 0 aliphatic heterocycles. The average Bonchev–Trinajstić information content (AvgIpc) is 2.16. The van der Waals surface area contributed by atoms with Crippen molar-refractivity contribution in [3.63, 3.8) is 0 Å². The molecule has 0 rings (SSSR count). The van der Waals surface area contributed by atoms with Crippen LogP contribution in [-0.4, -0.2) is 19.0 Å². The van der Waals surface area contributed by atoms with Gasteiger partial charge < -0.3 is 5.32 Å². The highest BCUT2D eigenvalue weighted by atomic mass is 35.5. The predicted octanol–water partition coefficient (Wildman–Crippen LogP) is 3.57. The molecular formula is C11H24ClN. The fourth-order valence-electron chi connectivity index (χ4n) is 1.32. The van der Waals surface area contributed by atoms with Crippen molar-refractivity contribution < 1.29 is 0 Å². The van der Waals surface area contributed by atoms with Crippen molar-refractivity contribution >= 4 is 11.6 Å². The molecular weight excluding hydrogens is 182 g/mol. The monoisotopic (exact) mass is 205 g/mol. The molecule has 0 fully saturated rings. The molecule has 0 spiro atoms. The maximum absolute atomic E-state index is 5.58. The lowest BCUT2D eigenvalue weighted by molar-refractivity contribution is 0.573. The second-order valence-corrected chi connectivity index (χ2v) is 3.94. The number of rotatable bonds is 10. The second-order valence-electron chi connectivity index (χ2n) is 3.56. The molecule has 0 aromatic rings. The molecule has 2 heteroatoms. The van der Waals surface area contributed by atoms with Crippen molar-refractivity contribution in [1.82, 2.24) is 5.32 Å². The third-order valence-electron chi connectivity index (χ3n) is 2.19. The maximum atomic E-state index is 5.58. The van der Waals surface area contributed by atoms with Crippen LogP contribution in [0.3, 0.4) is 0 Å². The van der Waals surface area contributed by atoms with E-state index < -0.39 is 0 Å². The van der Waals surface area contributed by atoms with Crippen molar-refractivity contribution in [2.24, 2.45) is 0 Å². The molecule has 0 bridgehead atoms. The summed E-state index contributed by atoms with van der Waals surface area (Å²) in [6.45, 7) is 4.61. The molecule has 1 N–H and O–H groups in total. The highest BCUT2D eigenvalue weighted by molar-refractivity contribution is 6.17. The van der Waals surface area contributed by atoms with Gasteiger partial charge in [0.2, 0.25) is 0 Å². The van der Waals surface area contributed by atoms with Crippen LogP contribution in [0.4, 0.5) is 0 Å². The Labute approximate surface area is 88.2 Å². The van der Waals surface area contributed by atoms with Gasteiger partial charge >= 0.3 is 0 Å². The van der Waals surface area contributed by atoms with E-state index in [0.29, 0.717) is 0 Å². The summed E-state index contributed by atoms with van der Waals surface area (Å²) in [5, 5.41) is 3.46. The molecule has 0 aromatic heterocycles. The van der Waals surface area contributed by atoms with Crippen LogP contribution in [-0.2, 0) is 0 Å². The van der Waals surface area contributed by atoms with Gasteiger partial charge in [0.25, 0.3) is 0 Å². The first kappa shape index (κ1) is 13.2. The van der Waals surface area contributed by atoms with Crippen molar-refractivity contribution in [2.45, 2.75) is 51.9 Å². The van der Waals surface area contributed by atoms with E-state index in [1.165, 1.54) is 58.0 Å². The molecule has 0 saturated carbocycles. The van der Waals surface area contributed by atoms with E-state index in [2.05, 4.69) is 12.2 Å². The highest BCUT2D eigenvalue weighted by Gasteiger charge is 1.89. The topological polar surface area (TPSA) is 12.0 Å². The molecule has 0 amide bonds. The van der Waals surface area contributed by atoms with Gasteiger partial charge in [0.1, 0.15) is 0 Å². The van der Waals surface area contributed by atoms with E-state index in [9.17, 15) is 0 Å². The Morgan fingerprint density at radius 3 is 2.00 bits per heavy atom. The molecule has 13 heavy (non-hydrogen) atoms. The average molecular weight is 206 g/mol. The molecule has 0 aliphatic carbocycles. The fraction of sp³-hybridized carbons (Fsp3) is 1.00. The summed E-state index contributed by atoms with van der Waals surface area (Å²) in [6.07, 6.45) is 9.14. The van der Waals surface area contributed by atoms with Crippen molar-refractivity contribution in [2.75, 3.05) is 19.0 Å². The largest absolute Gasteiger partial charge is 0.317 e. The third kappa shape index (κ3) is 12.2. The maximum Gasteiger partial charge on any atom is 0.0223 e. The number of unbranched alkanes of at least 4 members (excludes halogenated alkanes) is 5. The lowest BCUT2D eigenvalue weighted by Gasteiger charge is -2.03. The van der Waals surface area contributed by atoms with Crippen LogP contribution in [0.5, 0.6) is 0 Å². The first-order valence-corrected chi connectivity index (χ1v) is 6.22. The number of halogens is 1. The van der Waals surface area contributed by atoms with Crippen LogP contribution in [0.15, 0.2) is 0 Å². The molecule has 0 atom stereocenters. The van der Waals surface area contributed by atoms with Crippen LogP contribution in [0.25, 0.3) is 0 Å². The quantitative estimate of drug-likeness (QED) is 0.425. The summed E-state index contributed by atoms with van der Waals surface area (Å²) < 4.78 is 0. The number of nitrogens with one attached hydrogen (secondary N) is 1. The predicted molar refractivity (Wildman–Crippen MR) is 61.6 cm³/mol. The first-order valence-electron chi connectivity index (χ1n) is 5.68. The minimum atomic E-state index is 0.816. The van der Waals surface area contributed by atoms with Crippen molar-refractivity contribution in [3.05, 3.63) is 0 Å². The zero-order valence-corrected chi connectivity index (χ0v) is 9.70. The van der Waals surface area contributed by atoms with E-state index >= 15 is 0 Å². The lowest BCUT2D eigenvalue weighted by atomic mass is 10.2. The van der Waals surface area contributed by atoms with Gasteiger partial charge in [-0.25, -0.2) is 0 Å². The zero-order valence-electron chi connectivity index (χ0n) is 8.95. The summed E-state index contributed by atoms with van der Waals surface area (Å²) in [5.41, 5.74) is 0. The summed E-state index contributed by atoms with van der Waals surface area (Å²) >= 11 is 5.58. The van der Waals surface area contributed by atoms with Gasteiger partial charge in [0, 0.05) is 5.88 Å². The number of alkyl halides is 1. The first-order chi connectivity index (χ1) is 6.41. The van der Waals surface area contributed by atoms with Gasteiger partial charge in [-0.05, 0) is 32.4 Å². The normalized spacial score (nSPS) is 10.6. The van der Waals surface area contributed by atoms with E-state index in [-0.39, 0.29) is 0 Å². The molecule has 0 radical (unpaired) electrons. The Hall–Kier alpha value is 0.250. The Kier molecular flexibility index (Phi) is 12.5. The molecule has 1 nitrogen and oxygen atoms in total. The van der Waals surface area contributed by atoms with Gasteiger partial charge in [-0.2, -0.15) is 0 Å². The molecule has 0 aromatic carbocycles. The highest BCUT2D eigenvalue weighted by Crippen LogP contribution is 1.98. The second kappa shape index (κ2) is 12.2. The number of hydrogen-bond donors (Lipinski definition) is 1. The van der Waals surface area contributed by atoms with Crippen LogP contribution < -0.4 is 5.32 Å².